The van der Waals surface area contributed by atoms with E-state index in [1.54, 1.807) is 36.4 Å². The highest BCUT2D eigenvalue weighted by Crippen LogP contribution is 2.47. The number of rotatable bonds is 21. The molecular weight excluding hydrogens is 985 g/mol. The van der Waals surface area contributed by atoms with Gasteiger partial charge in [-0.05, 0) is 142 Å². The Kier molecular flexibility index (Phi) is 17.1. The van der Waals surface area contributed by atoms with Crippen LogP contribution < -0.4 is 5.32 Å². The molecule has 11 heteroatoms. The number of nitrogens with zero attached hydrogens (tertiary/aromatic N) is 3. The first-order valence-corrected chi connectivity index (χ1v) is 28.8. The molecule has 1 fully saturated rings. The summed E-state index contributed by atoms with van der Waals surface area (Å²) in [7, 11) is 0. The molecule has 2 N–H and O–H groups in total. The number of carbonyl (C=O) groups excluding carboxylic acids is 4. The Morgan fingerprint density at radius 1 is 0.810 bits per heavy atom. The van der Waals surface area contributed by atoms with Gasteiger partial charge in [0.25, 0.3) is 0 Å². The minimum absolute atomic E-state index is 0.0105. The summed E-state index contributed by atoms with van der Waals surface area (Å²) in [6.45, 7) is 25.7. The zero-order valence-corrected chi connectivity index (χ0v) is 48.0. The number of benzene rings is 2. The van der Waals surface area contributed by atoms with Crippen molar-refractivity contribution in [2.45, 2.75) is 152 Å². The number of ketones is 2. The zero-order chi connectivity index (χ0) is 56.4. The van der Waals surface area contributed by atoms with Crippen LogP contribution in [0.2, 0.25) is 0 Å². The third-order valence-electron chi connectivity index (χ3n) is 17.3. The Morgan fingerprint density at radius 3 is 2.16 bits per heavy atom. The van der Waals surface area contributed by atoms with Gasteiger partial charge < -0.3 is 19.9 Å². The molecule has 0 radical (unpaired) electrons. The third kappa shape index (κ3) is 11.7. The highest BCUT2D eigenvalue weighted by Gasteiger charge is 2.42. The largest absolute Gasteiger partial charge is 0.511 e. The van der Waals surface area contributed by atoms with Gasteiger partial charge in [-0.2, -0.15) is 0 Å². The van der Waals surface area contributed by atoms with Crippen LogP contribution in [0.4, 0.5) is 0 Å². The lowest BCUT2D eigenvalue weighted by Crippen LogP contribution is -2.23. The molecule has 0 aromatic heterocycles. The minimum atomic E-state index is -0.620. The van der Waals surface area contributed by atoms with Crippen molar-refractivity contribution in [2.24, 2.45) is 44.6 Å². The summed E-state index contributed by atoms with van der Waals surface area (Å²) in [6, 6.07) is 11.3. The van der Waals surface area contributed by atoms with Crippen LogP contribution in [0, 0.1) is 29.6 Å². The molecule has 79 heavy (non-hydrogen) atoms. The molecule has 412 valence electrons. The van der Waals surface area contributed by atoms with Gasteiger partial charge in [0.15, 0.2) is 11.6 Å². The van der Waals surface area contributed by atoms with Gasteiger partial charge in [-0.1, -0.05) is 117 Å². The molecule has 8 bridgehead atoms. The lowest BCUT2D eigenvalue weighted by molar-refractivity contribution is -0.142. The number of aliphatic hydroxyl groups excluding tert-OH is 1. The molecular formula is C68H78N4O7. The number of hydrogen-bond donors (Lipinski definition) is 2. The average molecular weight is 1060 g/mol. The second kappa shape index (κ2) is 24.0. The van der Waals surface area contributed by atoms with Crippen molar-refractivity contribution in [1.29, 1.82) is 0 Å². The zero-order valence-electron chi connectivity index (χ0n) is 48.0. The molecule has 5 heterocycles. The van der Waals surface area contributed by atoms with E-state index in [-0.39, 0.29) is 64.8 Å². The quantitative estimate of drug-likeness (QED) is 0.0789. The van der Waals surface area contributed by atoms with Gasteiger partial charge in [-0.25, -0.2) is 19.8 Å². The Hall–Kier alpha value is -7.27. The molecule has 5 atom stereocenters. The van der Waals surface area contributed by atoms with Crippen molar-refractivity contribution >= 4 is 40.6 Å². The normalized spacial score (nSPS) is 20.7. The van der Waals surface area contributed by atoms with Crippen molar-refractivity contribution in [1.82, 2.24) is 5.32 Å². The molecule has 11 nitrogen and oxygen atoms in total. The SMILES string of the molecule is C=CC1=C(C)C2=NC1=CC1=NC(=CC3=C(C)C4=C(O)CC(=C5NC(=C2)[C@@H](C)[C@@H]5CCC(=O)OC/C=C(\C)[C@H](CC[C@H](C)CCC[C@H](C)CCCC(C)C)OC(=O)c2ccc5c(c2)C(=O)c2ccccc2C5=O)C4=N3)C(CC)=C1C. The van der Waals surface area contributed by atoms with Gasteiger partial charge in [0, 0.05) is 75.0 Å². The lowest BCUT2D eigenvalue weighted by atomic mass is 9.83. The summed E-state index contributed by atoms with van der Waals surface area (Å²) in [6.07, 6.45) is 19.5. The molecule has 0 spiro atoms. The summed E-state index contributed by atoms with van der Waals surface area (Å²) in [5, 5.41) is 15.4. The van der Waals surface area contributed by atoms with E-state index >= 15 is 0 Å². The number of esters is 2. The minimum Gasteiger partial charge on any atom is -0.511 e. The van der Waals surface area contributed by atoms with E-state index in [0.717, 1.165) is 122 Å². The van der Waals surface area contributed by atoms with Gasteiger partial charge in [0.2, 0.25) is 0 Å². The number of nitrogens with one attached hydrogen (secondary N) is 1. The Balaban J connectivity index is 0.916. The van der Waals surface area contributed by atoms with Gasteiger partial charge in [0.05, 0.1) is 39.8 Å². The first-order valence-electron chi connectivity index (χ1n) is 28.8. The fraction of sp³-hybridized carbons (Fsp3) is 0.426. The van der Waals surface area contributed by atoms with E-state index in [0.29, 0.717) is 42.2 Å². The molecule has 9 rings (SSSR count). The molecule has 1 saturated heterocycles. The molecule has 2 aliphatic carbocycles. The molecule has 0 saturated carbocycles. The van der Waals surface area contributed by atoms with Crippen molar-refractivity contribution in [3.63, 3.8) is 0 Å². The molecule has 7 aliphatic rings. The Labute approximate surface area is 467 Å². The maximum Gasteiger partial charge on any atom is 0.338 e. The second-order valence-corrected chi connectivity index (χ2v) is 23.3. The smallest absolute Gasteiger partial charge is 0.338 e. The number of aliphatic hydroxyl groups is 1. The van der Waals surface area contributed by atoms with Gasteiger partial charge in [-0.3, -0.25) is 14.4 Å². The van der Waals surface area contributed by atoms with Crippen LogP contribution in [-0.2, 0) is 14.3 Å². The second-order valence-electron chi connectivity index (χ2n) is 23.3. The summed E-state index contributed by atoms with van der Waals surface area (Å²) in [4.78, 5) is 70.3. The topological polar surface area (TPSA) is 156 Å². The highest BCUT2D eigenvalue weighted by molar-refractivity contribution is 6.29. The lowest BCUT2D eigenvalue weighted by Gasteiger charge is -2.22. The van der Waals surface area contributed by atoms with Crippen LogP contribution in [0.3, 0.4) is 0 Å². The maximum absolute atomic E-state index is 14.0. The predicted octanol–water partition coefficient (Wildman–Crippen LogP) is 15.2. The Bertz CT molecular complexity index is 3320. The van der Waals surface area contributed by atoms with Crippen LogP contribution in [0.25, 0.3) is 0 Å². The highest BCUT2D eigenvalue weighted by atomic mass is 16.5. The van der Waals surface area contributed by atoms with Crippen molar-refractivity contribution in [3.8, 4) is 0 Å². The van der Waals surface area contributed by atoms with E-state index < -0.39 is 12.1 Å². The fourth-order valence-electron chi connectivity index (χ4n) is 12.3. The number of allylic oxidation sites excluding steroid dienone is 12. The molecule has 2 aromatic carbocycles. The van der Waals surface area contributed by atoms with Gasteiger partial charge in [-0.15, -0.1) is 0 Å². The number of carbonyl (C=O) groups is 4. The van der Waals surface area contributed by atoms with E-state index in [1.807, 2.05) is 38.2 Å². The summed E-state index contributed by atoms with van der Waals surface area (Å²) in [5.74, 6) is 0.371. The van der Waals surface area contributed by atoms with Crippen molar-refractivity contribution < 1.29 is 33.8 Å². The molecule has 0 unspecified atom stereocenters. The van der Waals surface area contributed by atoms with Crippen LogP contribution in [0.1, 0.15) is 188 Å². The first kappa shape index (κ1) is 56.5. The third-order valence-corrected chi connectivity index (χ3v) is 17.3. The van der Waals surface area contributed by atoms with Crippen LogP contribution in [-0.4, -0.2) is 58.5 Å². The van der Waals surface area contributed by atoms with Crippen molar-refractivity contribution in [3.05, 3.63) is 186 Å². The maximum atomic E-state index is 14.0. The van der Waals surface area contributed by atoms with E-state index in [9.17, 15) is 24.3 Å². The van der Waals surface area contributed by atoms with Crippen LogP contribution in [0.5, 0.6) is 0 Å². The monoisotopic (exact) mass is 1060 g/mol. The molecule has 5 aliphatic heterocycles. The number of aliphatic imine (C=N–C) groups is 3. The van der Waals surface area contributed by atoms with E-state index in [4.69, 9.17) is 24.5 Å². The first-order chi connectivity index (χ1) is 37.9. The van der Waals surface area contributed by atoms with E-state index in [2.05, 4.69) is 73.4 Å². The summed E-state index contributed by atoms with van der Waals surface area (Å²) >= 11 is 0. The summed E-state index contributed by atoms with van der Waals surface area (Å²) < 4.78 is 12.2. The number of fused-ring (bicyclic) bond motifs is 7. The van der Waals surface area contributed by atoms with E-state index in [1.165, 1.54) is 31.7 Å². The average Bonchev–Trinajstić information content (AvgIpc) is 4.29. The molecule has 2 aromatic rings. The van der Waals surface area contributed by atoms with Gasteiger partial charge in [0.1, 0.15) is 18.5 Å². The van der Waals surface area contributed by atoms with Crippen molar-refractivity contribution in [2.75, 3.05) is 6.61 Å². The number of ether oxygens (including phenoxy) is 2. The predicted molar refractivity (Wildman–Crippen MR) is 315 cm³/mol. The van der Waals surface area contributed by atoms with Crippen LogP contribution in [0.15, 0.2) is 173 Å². The fourth-order valence-corrected chi connectivity index (χ4v) is 12.3. The summed E-state index contributed by atoms with van der Waals surface area (Å²) in [5.41, 5.74) is 15.6. The van der Waals surface area contributed by atoms with Gasteiger partial charge >= 0.3 is 11.9 Å². The number of hydrogen-bond acceptors (Lipinski definition) is 11. The standard InChI is InChI=1S/C68H78N4O7/c1-12-46-41(8)54-34-56-43(10)48(64(71-56)53-33-60(73)63-44(11)57(72-65(53)63)36-59-47(13-2)42(9)55(70-59)35-58(46)69-54)27-29-62(74)78-31-30-40(7)61(28-24-39(6)21-17-20-38(5)19-16-18-37(3)4)79-68(77)45-25-26-51-52(32-45)67(76)50-23-15-14-22-49(50)66(51)75/h12,14-15,22-23,25-26,30,32,34-39,43,48,61,71,73H,1,13,16-21,24,27-29,31,33H2,2-11H3/b40-30+,56-34?,58-35?,59-36?,64-53?/t38-,39-,43+,48+,61+/m1/s1. The molecule has 0 amide bonds. The Morgan fingerprint density at radius 2 is 1.47 bits per heavy atom. The van der Waals surface area contributed by atoms with Crippen LogP contribution >= 0.6 is 0 Å².